The fourth-order valence-electron chi connectivity index (χ4n) is 1.53. The highest BCUT2D eigenvalue weighted by molar-refractivity contribution is 5.93. The van der Waals surface area contributed by atoms with Gasteiger partial charge in [0.15, 0.2) is 11.5 Å². The second-order valence-electron chi connectivity index (χ2n) is 3.66. The number of para-hydroxylation sites is 1. The van der Waals surface area contributed by atoms with E-state index in [0.717, 1.165) is 0 Å². The first kappa shape index (κ1) is 12.0. The second-order valence-corrected chi connectivity index (χ2v) is 3.66. The van der Waals surface area contributed by atoms with Crippen LogP contribution in [0.4, 0.5) is 5.69 Å². The van der Waals surface area contributed by atoms with E-state index in [-0.39, 0.29) is 17.0 Å². The van der Waals surface area contributed by atoms with Gasteiger partial charge in [0.05, 0.1) is 18.1 Å². The maximum absolute atomic E-state index is 11.1. The van der Waals surface area contributed by atoms with Gasteiger partial charge in [-0.05, 0) is 19.1 Å². The van der Waals surface area contributed by atoms with Crippen molar-refractivity contribution < 1.29 is 14.6 Å². The van der Waals surface area contributed by atoms with Crippen LogP contribution in [0.2, 0.25) is 0 Å². The van der Waals surface area contributed by atoms with Crippen LogP contribution in [0.3, 0.4) is 0 Å². The molecule has 0 spiro atoms. The Bertz CT molecular complexity index is 578. The fourth-order valence-corrected chi connectivity index (χ4v) is 1.53. The Morgan fingerprint density at radius 2 is 2.33 bits per heavy atom. The van der Waals surface area contributed by atoms with Crippen molar-refractivity contribution in [2.45, 2.75) is 13.5 Å². The van der Waals surface area contributed by atoms with Crippen LogP contribution in [0.5, 0.6) is 11.5 Å². The number of nitrogens with zero attached hydrogens (tertiary/aromatic N) is 2. The third-order valence-electron chi connectivity index (χ3n) is 2.43. The Labute approximate surface area is 104 Å². The monoisotopic (exact) mass is 247 g/mol. The number of benzene rings is 1. The number of aryl methyl sites for hydroxylation is 1. The number of aromatic carboxylic acids is 1. The van der Waals surface area contributed by atoms with Gasteiger partial charge in [0.25, 0.3) is 0 Å². The second kappa shape index (κ2) is 4.79. The summed E-state index contributed by atoms with van der Waals surface area (Å²) in [6.45, 7) is 2.65. The standard InChI is InChI=1S/C12H13N3O3/c1-2-15-7-8(6-14-15)18-11-9(12(16)17)4-3-5-10(11)13/h3-7H,2,13H2,1H3,(H,16,17). The Morgan fingerprint density at radius 1 is 1.56 bits per heavy atom. The maximum Gasteiger partial charge on any atom is 0.339 e. The predicted octanol–water partition coefficient (Wildman–Crippen LogP) is 1.98. The number of carboxylic acid groups (broad SMARTS) is 1. The number of carboxylic acids is 1. The Morgan fingerprint density at radius 3 is 2.94 bits per heavy atom. The third kappa shape index (κ3) is 2.27. The average Bonchev–Trinajstić information content (AvgIpc) is 2.79. The SMILES string of the molecule is CCn1cc(Oc2c(N)cccc2C(=O)O)cn1. The molecular weight excluding hydrogens is 234 g/mol. The number of anilines is 1. The van der Waals surface area contributed by atoms with E-state index in [1.54, 1.807) is 23.0 Å². The van der Waals surface area contributed by atoms with E-state index in [4.69, 9.17) is 15.6 Å². The van der Waals surface area contributed by atoms with Gasteiger partial charge in [-0.2, -0.15) is 5.10 Å². The first-order chi connectivity index (χ1) is 8.61. The van der Waals surface area contributed by atoms with Crippen LogP contribution >= 0.6 is 0 Å². The number of rotatable bonds is 4. The lowest BCUT2D eigenvalue weighted by molar-refractivity contribution is 0.0694. The summed E-state index contributed by atoms with van der Waals surface area (Å²) in [6.07, 6.45) is 3.19. The normalized spacial score (nSPS) is 10.3. The van der Waals surface area contributed by atoms with Crippen molar-refractivity contribution in [2.24, 2.45) is 0 Å². The summed E-state index contributed by atoms with van der Waals surface area (Å²) in [4.78, 5) is 11.1. The highest BCUT2D eigenvalue weighted by Crippen LogP contribution is 2.31. The summed E-state index contributed by atoms with van der Waals surface area (Å²) < 4.78 is 7.17. The molecule has 94 valence electrons. The molecule has 2 aromatic rings. The summed E-state index contributed by atoms with van der Waals surface area (Å²) >= 11 is 0. The lowest BCUT2D eigenvalue weighted by Gasteiger charge is -2.09. The zero-order chi connectivity index (χ0) is 13.1. The summed E-state index contributed by atoms with van der Waals surface area (Å²) in [5.74, 6) is -0.488. The molecule has 0 fully saturated rings. The molecule has 0 aliphatic carbocycles. The highest BCUT2D eigenvalue weighted by atomic mass is 16.5. The van der Waals surface area contributed by atoms with E-state index in [9.17, 15) is 4.79 Å². The van der Waals surface area contributed by atoms with Gasteiger partial charge in [-0.3, -0.25) is 4.68 Å². The van der Waals surface area contributed by atoms with Gasteiger partial charge >= 0.3 is 5.97 Å². The van der Waals surface area contributed by atoms with Gasteiger partial charge in [0.2, 0.25) is 0 Å². The molecule has 2 rings (SSSR count). The van der Waals surface area contributed by atoms with Crippen LogP contribution in [0.25, 0.3) is 0 Å². The lowest BCUT2D eigenvalue weighted by Crippen LogP contribution is -2.02. The first-order valence-corrected chi connectivity index (χ1v) is 5.44. The van der Waals surface area contributed by atoms with Crippen molar-refractivity contribution in [1.29, 1.82) is 0 Å². The topological polar surface area (TPSA) is 90.4 Å². The number of carbonyl (C=O) groups is 1. The van der Waals surface area contributed by atoms with Gasteiger partial charge in [-0.1, -0.05) is 6.07 Å². The summed E-state index contributed by atoms with van der Waals surface area (Å²) in [5, 5.41) is 13.1. The summed E-state index contributed by atoms with van der Waals surface area (Å²) in [6, 6.07) is 4.60. The van der Waals surface area contributed by atoms with E-state index in [2.05, 4.69) is 5.10 Å². The third-order valence-corrected chi connectivity index (χ3v) is 2.43. The zero-order valence-corrected chi connectivity index (χ0v) is 9.83. The molecule has 0 amide bonds. The van der Waals surface area contributed by atoms with Crippen molar-refractivity contribution in [1.82, 2.24) is 9.78 Å². The Balaban J connectivity index is 2.36. The van der Waals surface area contributed by atoms with Crippen LogP contribution in [-0.4, -0.2) is 20.9 Å². The minimum Gasteiger partial charge on any atom is -0.478 e. The van der Waals surface area contributed by atoms with E-state index in [1.807, 2.05) is 6.92 Å². The molecule has 3 N–H and O–H groups in total. The van der Waals surface area contributed by atoms with Crippen molar-refractivity contribution in [3.8, 4) is 11.5 Å². The highest BCUT2D eigenvalue weighted by Gasteiger charge is 2.15. The Kier molecular flexibility index (Phi) is 3.18. The minimum absolute atomic E-state index is 0.0271. The van der Waals surface area contributed by atoms with Crippen molar-refractivity contribution in [2.75, 3.05) is 5.73 Å². The molecule has 18 heavy (non-hydrogen) atoms. The molecule has 0 bridgehead atoms. The van der Waals surface area contributed by atoms with E-state index in [0.29, 0.717) is 12.3 Å². The molecule has 0 atom stereocenters. The molecule has 0 aliphatic rings. The fraction of sp³-hybridized carbons (Fsp3) is 0.167. The maximum atomic E-state index is 11.1. The molecule has 0 saturated carbocycles. The molecule has 6 nitrogen and oxygen atoms in total. The molecule has 6 heteroatoms. The van der Waals surface area contributed by atoms with Gasteiger partial charge in [-0.25, -0.2) is 4.79 Å². The Hall–Kier alpha value is -2.50. The predicted molar refractivity (Wildman–Crippen MR) is 65.8 cm³/mol. The number of aromatic nitrogens is 2. The van der Waals surface area contributed by atoms with E-state index >= 15 is 0 Å². The number of nitrogens with two attached hydrogens (primary N) is 1. The van der Waals surface area contributed by atoms with E-state index in [1.165, 1.54) is 12.3 Å². The van der Waals surface area contributed by atoms with Gasteiger partial charge in [0.1, 0.15) is 5.56 Å². The van der Waals surface area contributed by atoms with Crippen LogP contribution in [0.1, 0.15) is 17.3 Å². The number of hydrogen-bond donors (Lipinski definition) is 2. The summed E-state index contributed by atoms with van der Waals surface area (Å²) in [5.41, 5.74) is 6.03. The zero-order valence-electron chi connectivity index (χ0n) is 9.83. The van der Waals surface area contributed by atoms with Crippen LogP contribution < -0.4 is 10.5 Å². The van der Waals surface area contributed by atoms with Gasteiger partial charge in [-0.15, -0.1) is 0 Å². The van der Waals surface area contributed by atoms with Crippen molar-refractivity contribution >= 4 is 11.7 Å². The van der Waals surface area contributed by atoms with Crippen LogP contribution in [0, 0.1) is 0 Å². The molecule has 1 aromatic heterocycles. The molecule has 0 radical (unpaired) electrons. The molecule has 0 saturated heterocycles. The molecule has 0 unspecified atom stereocenters. The largest absolute Gasteiger partial charge is 0.478 e. The molecule has 1 heterocycles. The first-order valence-electron chi connectivity index (χ1n) is 5.44. The molecule has 1 aromatic carbocycles. The van der Waals surface area contributed by atoms with E-state index < -0.39 is 5.97 Å². The summed E-state index contributed by atoms with van der Waals surface area (Å²) in [7, 11) is 0. The van der Waals surface area contributed by atoms with Gasteiger partial charge in [0, 0.05) is 6.54 Å². The van der Waals surface area contributed by atoms with Crippen molar-refractivity contribution in [3.63, 3.8) is 0 Å². The smallest absolute Gasteiger partial charge is 0.339 e. The van der Waals surface area contributed by atoms with Crippen molar-refractivity contribution in [3.05, 3.63) is 36.2 Å². The van der Waals surface area contributed by atoms with Gasteiger partial charge < -0.3 is 15.6 Å². The van der Waals surface area contributed by atoms with Crippen LogP contribution in [-0.2, 0) is 6.54 Å². The number of ether oxygens (including phenoxy) is 1. The average molecular weight is 247 g/mol. The number of nitrogen functional groups attached to an aromatic ring is 1. The number of hydrogen-bond acceptors (Lipinski definition) is 4. The quantitative estimate of drug-likeness (QED) is 0.806. The molecular formula is C12H13N3O3. The van der Waals surface area contributed by atoms with Crippen LogP contribution in [0.15, 0.2) is 30.6 Å². The molecule has 0 aliphatic heterocycles. The lowest BCUT2D eigenvalue weighted by atomic mass is 10.2. The minimum atomic E-state index is -1.08.